The van der Waals surface area contributed by atoms with E-state index in [0.29, 0.717) is 5.56 Å². The average molecular weight is 554 g/mol. The van der Waals surface area contributed by atoms with E-state index in [4.69, 9.17) is 6.57 Å². The summed E-state index contributed by atoms with van der Waals surface area (Å²) in [4.78, 5) is 7.61. The summed E-state index contributed by atoms with van der Waals surface area (Å²) in [5.41, 5.74) is 2.70. The fourth-order valence-electron chi connectivity index (χ4n) is 4.53. The first-order valence-electron chi connectivity index (χ1n) is 13.1. The van der Waals surface area contributed by atoms with Gasteiger partial charge in [0.1, 0.15) is 0 Å². The minimum atomic E-state index is -3.83. The molecule has 0 radical (unpaired) electrons. The molecular formula is C32H31N3O2S2. The first-order valence-corrected chi connectivity index (χ1v) is 15.4. The summed E-state index contributed by atoms with van der Waals surface area (Å²) in [6.07, 6.45) is 10.4. The van der Waals surface area contributed by atoms with Crippen LogP contribution in [0.5, 0.6) is 0 Å². The number of benzene rings is 2. The molecule has 0 saturated heterocycles. The van der Waals surface area contributed by atoms with Gasteiger partial charge in [-0.2, -0.15) is 0 Å². The van der Waals surface area contributed by atoms with Crippen molar-refractivity contribution in [3.05, 3.63) is 104 Å². The fourth-order valence-corrected chi connectivity index (χ4v) is 7.17. The molecule has 39 heavy (non-hydrogen) atoms. The second kappa shape index (κ2) is 12.8. The van der Waals surface area contributed by atoms with Crippen LogP contribution in [0, 0.1) is 17.9 Å². The van der Waals surface area contributed by atoms with Crippen molar-refractivity contribution in [3.8, 4) is 6.07 Å². The molecule has 0 atom stereocenters. The monoisotopic (exact) mass is 553 g/mol. The van der Waals surface area contributed by atoms with E-state index in [1.165, 1.54) is 48.8 Å². The number of anilines is 1. The van der Waals surface area contributed by atoms with Crippen molar-refractivity contribution in [2.75, 3.05) is 18.0 Å². The quantitative estimate of drug-likeness (QED) is 0.187. The van der Waals surface area contributed by atoms with E-state index in [9.17, 15) is 13.7 Å². The number of hydrogen-bond acceptors (Lipinski definition) is 5. The number of sulfone groups is 1. The molecule has 0 unspecified atom stereocenters. The fraction of sp³-hybridized carbons (Fsp3) is 0.250. The van der Waals surface area contributed by atoms with Crippen molar-refractivity contribution in [2.24, 2.45) is 0 Å². The molecule has 0 aliphatic carbocycles. The van der Waals surface area contributed by atoms with Gasteiger partial charge in [0.25, 0.3) is 5.70 Å². The van der Waals surface area contributed by atoms with Crippen LogP contribution in [0.4, 0.5) is 5.69 Å². The zero-order valence-corrected chi connectivity index (χ0v) is 23.9. The van der Waals surface area contributed by atoms with Gasteiger partial charge in [0.15, 0.2) is 0 Å². The maximum Gasteiger partial charge on any atom is 0.270 e. The van der Waals surface area contributed by atoms with Crippen molar-refractivity contribution >= 4 is 50.7 Å². The van der Waals surface area contributed by atoms with E-state index < -0.39 is 9.84 Å². The van der Waals surface area contributed by atoms with E-state index in [1.54, 1.807) is 24.3 Å². The van der Waals surface area contributed by atoms with Crippen LogP contribution in [0.15, 0.2) is 76.2 Å². The average Bonchev–Trinajstić information content (AvgIpc) is 3.49. The van der Waals surface area contributed by atoms with E-state index in [2.05, 4.69) is 53.9 Å². The van der Waals surface area contributed by atoms with Gasteiger partial charge in [0.2, 0.25) is 9.84 Å². The Hall–Kier alpha value is -3.91. The third kappa shape index (κ3) is 6.23. The van der Waals surface area contributed by atoms with Gasteiger partial charge in [0.05, 0.1) is 22.4 Å². The molecule has 7 heteroatoms. The highest BCUT2D eigenvalue weighted by Gasteiger charge is 2.37. The Bertz CT molecular complexity index is 1590. The van der Waals surface area contributed by atoms with Gasteiger partial charge in [-0.15, -0.1) is 11.3 Å². The number of rotatable bonds is 10. The van der Waals surface area contributed by atoms with Crippen LogP contribution in [-0.2, 0) is 9.84 Å². The number of thiophene rings is 1. The largest absolute Gasteiger partial charge is 0.372 e. The SMILES string of the molecule is [C-]#[N+]/C(C#N)=C1/C(=C/c2ccc(/C=C/c3ccc(N(CCCC)CCCC)cc3)s2)S(=O)(=O)c2ccccc21. The summed E-state index contributed by atoms with van der Waals surface area (Å²) in [6, 6.07) is 20.8. The lowest BCUT2D eigenvalue weighted by atomic mass is 10.0. The molecule has 0 N–H and O–H groups in total. The number of hydrogen-bond donors (Lipinski definition) is 0. The lowest BCUT2D eigenvalue weighted by Gasteiger charge is -2.24. The molecule has 0 spiro atoms. The Kier molecular flexibility index (Phi) is 9.19. The van der Waals surface area contributed by atoms with Gasteiger partial charge in [-0.05, 0) is 66.5 Å². The Morgan fingerprint density at radius 2 is 1.64 bits per heavy atom. The first-order chi connectivity index (χ1) is 18.9. The number of nitrogens with zero attached hydrogens (tertiary/aromatic N) is 3. The summed E-state index contributed by atoms with van der Waals surface area (Å²) in [5.74, 6) is 0. The number of nitriles is 1. The van der Waals surface area contributed by atoms with Crippen LogP contribution in [0.2, 0.25) is 0 Å². The lowest BCUT2D eigenvalue weighted by Crippen LogP contribution is -2.25. The molecular weight excluding hydrogens is 523 g/mol. The minimum absolute atomic E-state index is 0.0000754. The van der Waals surface area contributed by atoms with Gasteiger partial charge < -0.3 is 4.90 Å². The van der Waals surface area contributed by atoms with Gasteiger partial charge in [-0.1, -0.05) is 63.1 Å². The normalized spacial score (nSPS) is 16.2. The molecule has 3 aromatic rings. The first kappa shape index (κ1) is 28.1. The molecule has 0 amide bonds. The predicted molar refractivity (Wildman–Crippen MR) is 162 cm³/mol. The summed E-state index contributed by atoms with van der Waals surface area (Å²) in [5, 5.41) is 9.52. The maximum absolute atomic E-state index is 13.3. The summed E-state index contributed by atoms with van der Waals surface area (Å²) < 4.78 is 26.6. The van der Waals surface area contributed by atoms with Crippen LogP contribution in [0.25, 0.3) is 28.6 Å². The molecule has 1 aliphatic rings. The molecule has 198 valence electrons. The Labute approximate surface area is 235 Å². The molecule has 2 aromatic carbocycles. The minimum Gasteiger partial charge on any atom is -0.372 e. The van der Waals surface area contributed by atoms with Crippen molar-refractivity contribution in [2.45, 2.75) is 44.4 Å². The van der Waals surface area contributed by atoms with Crippen LogP contribution in [-0.4, -0.2) is 21.5 Å². The zero-order chi connectivity index (χ0) is 27.8. The Morgan fingerprint density at radius 1 is 0.974 bits per heavy atom. The molecule has 5 nitrogen and oxygen atoms in total. The second-order valence-corrected chi connectivity index (χ2v) is 12.3. The van der Waals surface area contributed by atoms with Gasteiger partial charge >= 0.3 is 0 Å². The van der Waals surface area contributed by atoms with Gasteiger partial charge in [0, 0.05) is 34.1 Å². The number of unbranched alkanes of at least 4 members (excludes halogenated alkanes) is 2. The van der Waals surface area contributed by atoms with Gasteiger partial charge in [-0.3, -0.25) is 0 Å². The maximum atomic E-state index is 13.3. The van der Waals surface area contributed by atoms with Gasteiger partial charge in [-0.25, -0.2) is 18.5 Å². The van der Waals surface area contributed by atoms with E-state index in [0.717, 1.165) is 28.4 Å². The third-order valence-corrected chi connectivity index (χ3v) is 9.45. The molecule has 2 heterocycles. The van der Waals surface area contributed by atoms with Crippen molar-refractivity contribution in [1.29, 1.82) is 5.26 Å². The van der Waals surface area contributed by atoms with Crippen molar-refractivity contribution < 1.29 is 8.42 Å². The second-order valence-electron chi connectivity index (χ2n) is 9.31. The molecule has 0 fully saturated rings. The van der Waals surface area contributed by atoms with Crippen LogP contribution in [0.1, 0.15) is 60.4 Å². The Morgan fingerprint density at radius 3 is 2.28 bits per heavy atom. The van der Waals surface area contributed by atoms with Crippen molar-refractivity contribution in [3.63, 3.8) is 0 Å². The lowest BCUT2D eigenvalue weighted by molar-refractivity contribution is 0.604. The summed E-state index contributed by atoms with van der Waals surface area (Å²) in [6.45, 7) is 14.0. The third-order valence-electron chi connectivity index (χ3n) is 6.62. The molecule has 4 rings (SSSR count). The summed E-state index contributed by atoms with van der Waals surface area (Å²) in [7, 11) is -3.83. The smallest absolute Gasteiger partial charge is 0.270 e. The summed E-state index contributed by atoms with van der Waals surface area (Å²) >= 11 is 1.45. The highest BCUT2D eigenvalue weighted by atomic mass is 32.2. The Balaban J connectivity index is 1.57. The standard InChI is InChI=1S/C32H31N3O2S2/c1-4-6-20-35(21-7-5-2)25-15-12-24(13-16-25)14-17-26-18-19-27(38-26)22-31-32(29(23-33)34-3)28-10-8-9-11-30(28)39(31,36)37/h8-19,22H,4-7,20-21H2,1-2H3/b17-14+,31-22-,32-29+. The van der Waals surface area contributed by atoms with Crippen LogP contribution >= 0.6 is 11.3 Å². The highest BCUT2D eigenvalue weighted by molar-refractivity contribution is 7.96. The molecule has 1 aliphatic heterocycles. The number of allylic oxidation sites excluding steroid dienone is 2. The molecule has 0 saturated carbocycles. The predicted octanol–water partition coefficient (Wildman–Crippen LogP) is 8.31. The topological polar surface area (TPSA) is 65.5 Å². The highest BCUT2D eigenvalue weighted by Crippen LogP contribution is 2.46. The van der Waals surface area contributed by atoms with Crippen LogP contribution in [0.3, 0.4) is 0 Å². The number of fused-ring (bicyclic) bond motifs is 1. The molecule has 1 aromatic heterocycles. The van der Waals surface area contributed by atoms with Crippen LogP contribution < -0.4 is 4.90 Å². The zero-order valence-electron chi connectivity index (χ0n) is 22.2. The van der Waals surface area contributed by atoms with E-state index in [1.807, 2.05) is 24.3 Å². The van der Waals surface area contributed by atoms with E-state index in [-0.39, 0.29) is 21.1 Å². The van der Waals surface area contributed by atoms with E-state index >= 15 is 0 Å². The molecule has 0 bridgehead atoms. The van der Waals surface area contributed by atoms with Crippen molar-refractivity contribution in [1.82, 2.24) is 0 Å².